The van der Waals surface area contributed by atoms with Crippen LogP contribution in [0.2, 0.25) is 5.02 Å². The van der Waals surface area contributed by atoms with Crippen LogP contribution >= 0.6 is 11.6 Å². The van der Waals surface area contributed by atoms with Crippen LogP contribution in [0.25, 0.3) is 0 Å². The highest BCUT2D eigenvalue weighted by molar-refractivity contribution is 6.31. The Bertz CT molecular complexity index is 629. The van der Waals surface area contributed by atoms with Crippen molar-refractivity contribution in [1.29, 1.82) is 0 Å². The van der Waals surface area contributed by atoms with Crippen LogP contribution in [0.3, 0.4) is 0 Å². The molecule has 2 rings (SSSR count). The molecule has 0 saturated heterocycles. The van der Waals surface area contributed by atoms with E-state index in [4.69, 9.17) is 17.3 Å². The van der Waals surface area contributed by atoms with Gasteiger partial charge in [0.05, 0.1) is 24.0 Å². The number of nitrogens with two attached hydrogens (primary N) is 1. The summed E-state index contributed by atoms with van der Waals surface area (Å²) in [4.78, 5) is 11.4. The van der Waals surface area contributed by atoms with Crippen LogP contribution in [-0.4, -0.2) is 13.1 Å². The molecule has 2 aromatic carbocycles. The van der Waals surface area contributed by atoms with E-state index >= 15 is 0 Å². The number of esters is 1. The zero-order valence-electron chi connectivity index (χ0n) is 11.0. The van der Waals surface area contributed by atoms with Crippen molar-refractivity contribution >= 4 is 28.9 Å². The smallest absolute Gasteiger partial charge is 0.337 e. The highest BCUT2D eigenvalue weighted by atomic mass is 35.5. The number of carbonyl (C=O) groups is 1. The number of carbonyl (C=O) groups excluding carboxylic acids is 1. The maximum absolute atomic E-state index is 11.4. The summed E-state index contributed by atoms with van der Waals surface area (Å²) in [6.07, 6.45) is 0. The lowest BCUT2D eigenvalue weighted by molar-refractivity contribution is 0.0601. The van der Waals surface area contributed by atoms with Gasteiger partial charge < -0.3 is 15.8 Å². The van der Waals surface area contributed by atoms with Crippen LogP contribution in [-0.2, 0) is 11.3 Å². The van der Waals surface area contributed by atoms with E-state index in [-0.39, 0.29) is 0 Å². The second-order valence-electron chi connectivity index (χ2n) is 4.24. The molecule has 0 heterocycles. The third-order valence-electron chi connectivity index (χ3n) is 2.90. The zero-order valence-corrected chi connectivity index (χ0v) is 11.8. The van der Waals surface area contributed by atoms with Crippen molar-refractivity contribution in [2.45, 2.75) is 6.54 Å². The van der Waals surface area contributed by atoms with Crippen molar-refractivity contribution in [3.8, 4) is 0 Å². The minimum atomic E-state index is -0.408. The Morgan fingerprint density at radius 1 is 1.30 bits per heavy atom. The first-order valence-corrected chi connectivity index (χ1v) is 6.44. The maximum Gasteiger partial charge on any atom is 0.337 e. The molecule has 4 nitrogen and oxygen atoms in total. The van der Waals surface area contributed by atoms with Gasteiger partial charge in [0.1, 0.15) is 0 Å². The number of ether oxygens (including phenoxy) is 1. The number of anilines is 2. The molecule has 0 aliphatic heterocycles. The van der Waals surface area contributed by atoms with Crippen LogP contribution in [0.5, 0.6) is 0 Å². The Labute approximate surface area is 122 Å². The van der Waals surface area contributed by atoms with Gasteiger partial charge in [0.2, 0.25) is 0 Å². The number of halogens is 1. The van der Waals surface area contributed by atoms with E-state index in [1.807, 2.05) is 24.3 Å². The van der Waals surface area contributed by atoms with Crippen molar-refractivity contribution in [2.24, 2.45) is 0 Å². The summed E-state index contributed by atoms with van der Waals surface area (Å²) in [7, 11) is 1.34. The Hall–Kier alpha value is -2.20. The fourth-order valence-corrected chi connectivity index (χ4v) is 2.00. The van der Waals surface area contributed by atoms with E-state index < -0.39 is 5.97 Å². The molecule has 0 atom stereocenters. The number of hydrogen-bond acceptors (Lipinski definition) is 4. The molecular formula is C15H15ClN2O2. The number of rotatable bonds is 4. The van der Waals surface area contributed by atoms with Gasteiger partial charge in [0.25, 0.3) is 0 Å². The first-order chi connectivity index (χ1) is 9.61. The normalized spacial score (nSPS) is 10.1. The molecule has 0 bridgehead atoms. The standard InChI is InChI=1S/C15H15ClN2O2/c1-20-15(19)10-6-7-14(13(17)8-10)18-9-11-4-2-3-5-12(11)16/h2-8,18H,9,17H2,1H3. The van der Waals surface area contributed by atoms with Gasteiger partial charge in [-0.3, -0.25) is 0 Å². The summed E-state index contributed by atoms with van der Waals surface area (Å²) in [5, 5.41) is 3.89. The molecule has 3 N–H and O–H groups in total. The van der Waals surface area contributed by atoms with Gasteiger partial charge >= 0.3 is 5.97 Å². The van der Waals surface area contributed by atoms with Gasteiger partial charge in [0, 0.05) is 11.6 Å². The summed E-state index contributed by atoms with van der Waals surface area (Å²) in [6, 6.07) is 12.6. The fraction of sp³-hybridized carbons (Fsp3) is 0.133. The van der Waals surface area contributed by atoms with Gasteiger partial charge in [-0.2, -0.15) is 0 Å². The predicted octanol–water partition coefficient (Wildman–Crippen LogP) is 3.32. The van der Waals surface area contributed by atoms with Crippen molar-refractivity contribution < 1.29 is 9.53 Å². The lowest BCUT2D eigenvalue weighted by atomic mass is 10.1. The first-order valence-electron chi connectivity index (χ1n) is 6.07. The SMILES string of the molecule is COC(=O)c1ccc(NCc2ccccc2Cl)c(N)c1. The van der Waals surface area contributed by atoms with Crippen molar-refractivity contribution in [2.75, 3.05) is 18.2 Å². The molecule has 2 aromatic rings. The number of methoxy groups -OCH3 is 1. The monoisotopic (exact) mass is 290 g/mol. The quantitative estimate of drug-likeness (QED) is 0.670. The molecule has 0 unspecified atom stereocenters. The van der Waals surface area contributed by atoms with Crippen LogP contribution in [0, 0.1) is 0 Å². The largest absolute Gasteiger partial charge is 0.465 e. The molecule has 0 aliphatic carbocycles. The molecule has 0 aliphatic rings. The van der Waals surface area contributed by atoms with E-state index in [0.29, 0.717) is 22.8 Å². The van der Waals surface area contributed by atoms with E-state index in [1.54, 1.807) is 18.2 Å². The average molecular weight is 291 g/mol. The lowest BCUT2D eigenvalue weighted by Crippen LogP contribution is -2.06. The summed E-state index contributed by atoms with van der Waals surface area (Å²) in [5.41, 5.74) is 8.55. The average Bonchev–Trinajstić information content (AvgIpc) is 2.46. The van der Waals surface area contributed by atoms with Crippen molar-refractivity contribution in [3.63, 3.8) is 0 Å². The van der Waals surface area contributed by atoms with Crippen LogP contribution in [0.1, 0.15) is 15.9 Å². The molecule has 5 heteroatoms. The number of benzene rings is 2. The topological polar surface area (TPSA) is 64.3 Å². The summed E-state index contributed by atoms with van der Waals surface area (Å²) >= 11 is 6.08. The Morgan fingerprint density at radius 2 is 2.05 bits per heavy atom. The summed E-state index contributed by atoms with van der Waals surface area (Å²) < 4.78 is 4.64. The minimum absolute atomic E-state index is 0.408. The Morgan fingerprint density at radius 3 is 2.70 bits per heavy atom. The molecule has 0 fully saturated rings. The summed E-state index contributed by atoms with van der Waals surface area (Å²) in [5.74, 6) is -0.408. The predicted molar refractivity (Wildman–Crippen MR) is 81.0 cm³/mol. The van der Waals surface area contributed by atoms with Crippen LogP contribution in [0.15, 0.2) is 42.5 Å². The fourth-order valence-electron chi connectivity index (χ4n) is 1.80. The summed E-state index contributed by atoms with van der Waals surface area (Å²) in [6.45, 7) is 0.557. The molecule has 0 amide bonds. The molecule has 0 aromatic heterocycles. The van der Waals surface area contributed by atoms with Gasteiger partial charge in [-0.1, -0.05) is 29.8 Å². The molecule has 20 heavy (non-hydrogen) atoms. The third-order valence-corrected chi connectivity index (χ3v) is 3.27. The van der Waals surface area contributed by atoms with Gasteiger partial charge in [-0.15, -0.1) is 0 Å². The number of nitrogens with one attached hydrogen (secondary N) is 1. The highest BCUT2D eigenvalue weighted by Crippen LogP contribution is 2.22. The zero-order chi connectivity index (χ0) is 14.5. The highest BCUT2D eigenvalue weighted by Gasteiger charge is 2.08. The molecular weight excluding hydrogens is 276 g/mol. The molecule has 104 valence electrons. The van der Waals surface area contributed by atoms with Gasteiger partial charge in [-0.05, 0) is 29.8 Å². The number of hydrogen-bond donors (Lipinski definition) is 2. The molecule has 0 spiro atoms. The second-order valence-corrected chi connectivity index (χ2v) is 4.65. The van der Waals surface area contributed by atoms with Gasteiger partial charge in [-0.25, -0.2) is 4.79 Å². The molecule has 0 radical (unpaired) electrons. The number of nitrogen functional groups attached to an aromatic ring is 1. The van der Waals surface area contributed by atoms with Crippen molar-refractivity contribution in [3.05, 3.63) is 58.6 Å². The van der Waals surface area contributed by atoms with E-state index in [1.165, 1.54) is 7.11 Å². The third kappa shape index (κ3) is 3.22. The minimum Gasteiger partial charge on any atom is -0.465 e. The molecule has 0 saturated carbocycles. The lowest BCUT2D eigenvalue weighted by Gasteiger charge is -2.11. The van der Waals surface area contributed by atoms with Crippen LogP contribution < -0.4 is 11.1 Å². The maximum atomic E-state index is 11.4. The van der Waals surface area contributed by atoms with Gasteiger partial charge in [0.15, 0.2) is 0 Å². The van der Waals surface area contributed by atoms with Crippen LogP contribution in [0.4, 0.5) is 11.4 Å². The first kappa shape index (κ1) is 14.2. The van der Waals surface area contributed by atoms with E-state index in [9.17, 15) is 4.79 Å². The van der Waals surface area contributed by atoms with E-state index in [2.05, 4.69) is 10.1 Å². The Kier molecular flexibility index (Phi) is 4.48. The van der Waals surface area contributed by atoms with E-state index in [0.717, 1.165) is 11.3 Å². The second kappa shape index (κ2) is 6.30. The Balaban J connectivity index is 2.11. The van der Waals surface area contributed by atoms with Crippen molar-refractivity contribution in [1.82, 2.24) is 0 Å².